The molecule has 0 radical (unpaired) electrons. The molecule has 2 aromatic rings. The van der Waals surface area contributed by atoms with Gasteiger partial charge in [0.05, 0.1) is 0 Å². The van der Waals surface area contributed by atoms with E-state index in [4.69, 9.17) is 23.2 Å². The number of carbonyl (C=O) groups excluding carboxylic acids is 3. The predicted octanol–water partition coefficient (Wildman–Crippen LogP) is 2.49. The maximum Gasteiger partial charge on any atom is 0.197 e. The van der Waals surface area contributed by atoms with Crippen LogP contribution in [0.5, 0.6) is 0 Å². The summed E-state index contributed by atoms with van der Waals surface area (Å²) in [4.78, 5) is 36.9. The quantitative estimate of drug-likeness (QED) is 0.561. The van der Waals surface area contributed by atoms with Gasteiger partial charge in [-0.15, -0.1) is 0 Å². The number of benzene rings is 2. The summed E-state index contributed by atoms with van der Waals surface area (Å²) in [5.74, 6) is -2.57. The molecule has 2 aromatic carbocycles. The smallest absolute Gasteiger partial charge is 0.197 e. The zero-order chi connectivity index (χ0) is 21.1. The Hall–Kier alpha value is -2.09. The van der Waals surface area contributed by atoms with E-state index < -0.39 is 41.6 Å². The Kier molecular flexibility index (Phi) is 7.09. The van der Waals surface area contributed by atoms with Gasteiger partial charge in [-0.1, -0.05) is 23.2 Å². The van der Waals surface area contributed by atoms with Crippen molar-refractivity contribution in [1.29, 1.82) is 0 Å². The molecule has 0 saturated carbocycles. The highest BCUT2D eigenvalue weighted by Crippen LogP contribution is 2.27. The fourth-order valence-electron chi connectivity index (χ4n) is 2.74. The van der Waals surface area contributed by atoms with Crippen molar-refractivity contribution in [2.45, 2.75) is 31.2 Å². The second kappa shape index (κ2) is 8.94. The van der Waals surface area contributed by atoms with Crippen molar-refractivity contribution in [2.75, 3.05) is 0 Å². The maximum absolute atomic E-state index is 12.8. The number of ketones is 3. The number of halogens is 2. The number of aliphatic hydroxyl groups excluding tert-OH is 2. The first-order chi connectivity index (χ1) is 13.1. The van der Waals surface area contributed by atoms with Crippen LogP contribution in [0.1, 0.15) is 34.1 Å². The molecule has 0 aromatic heterocycles. The minimum absolute atomic E-state index is 0.0140. The van der Waals surface area contributed by atoms with E-state index in [9.17, 15) is 29.7 Å². The van der Waals surface area contributed by atoms with Crippen LogP contribution in [-0.2, 0) is 4.79 Å². The van der Waals surface area contributed by atoms with Crippen molar-refractivity contribution in [3.8, 4) is 0 Å². The van der Waals surface area contributed by atoms with Gasteiger partial charge in [0, 0.05) is 27.6 Å². The highest BCUT2D eigenvalue weighted by Gasteiger charge is 2.49. The lowest BCUT2D eigenvalue weighted by atomic mass is 9.80. The molecular weight excluding hydrogens is 407 g/mol. The van der Waals surface area contributed by atoms with E-state index in [1.54, 1.807) is 0 Å². The lowest BCUT2D eigenvalue weighted by molar-refractivity contribution is -0.130. The molecule has 0 heterocycles. The second-order valence-electron chi connectivity index (χ2n) is 6.40. The van der Waals surface area contributed by atoms with Crippen molar-refractivity contribution < 1.29 is 29.7 Å². The standard InChI is InChI=1S/C20H18Cl2O6/c1-11(23)10-20(28,18(26)13-4-8-15(22)9-5-13)19(27)17(25)16(24)12-2-6-14(21)7-3-12/h2-9,17,19,25,27-28H,10H2,1H3/t17?,19-,20-/m1/s1. The Morgan fingerprint density at radius 1 is 0.893 bits per heavy atom. The molecule has 8 heteroatoms. The van der Waals surface area contributed by atoms with Crippen LogP contribution in [0, 0.1) is 0 Å². The van der Waals surface area contributed by atoms with Crippen molar-refractivity contribution in [3.05, 3.63) is 69.7 Å². The Bertz CT molecular complexity index is 879. The van der Waals surface area contributed by atoms with E-state index in [1.807, 2.05) is 0 Å². The van der Waals surface area contributed by atoms with E-state index in [0.717, 1.165) is 6.92 Å². The van der Waals surface area contributed by atoms with Gasteiger partial charge in [-0.05, 0) is 55.5 Å². The number of aliphatic hydroxyl groups is 3. The minimum Gasteiger partial charge on any atom is -0.386 e. The van der Waals surface area contributed by atoms with E-state index in [0.29, 0.717) is 10.0 Å². The van der Waals surface area contributed by atoms with Crippen LogP contribution >= 0.6 is 23.2 Å². The third-order valence-corrected chi connectivity index (χ3v) is 4.71. The van der Waals surface area contributed by atoms with Crippen molar-refractivity contribution >= 4 is 40.6 Å². The molecule has 28 heavy (non-hydrogen) atoms. The third kappa shape index (κ3) is 4.84. The van der Waals surface area contributed by atoms with E-state index in [-0.39, 0.29) is 11.1 Å². The maximum atomic E-state index is 12.8. The van der Waals surface area contributed by atoms with Gasteiger partial charge >= 0.3 is 0 Å². The lowest BCUT2D eigenvalue weighted by Crippen LogP contribution is -2.57. The Balaban J connectivity index is 2.38. The highest BCUT2D eigenvalue weighted by molar-refractivity contribution is 6.31. The van der Waals surface area contributed by atoms with Crippen molar-refractivity contribution in [3.63, 3.8) is 0 Å². The summed E-state index contributed by atoms with van der Waals surface area (Å²) in [5.41, 5.74) is -2.74. The third-order valence-electron chi connectivity index (χ3n) is 4.20. The molecule has 3 N–H and O–H groups in total. The van der Waals surface area contributed by atoms with Crippen LogP contribution in [0.2, 0.25) is 10.0 Å². The van der Waals surface area contributed by atoms with Gasteiger partial charge < -0.3 is 15.3 Å². The fraction of sp³-hybridized carbons (Fsp3) is 0.250. The Morgan fingerprint density at radius 3 is 1.75 bits per heavy atom. The molecule has 1 unspecified atom stereocenters. The Morgan fingerprint density at radius 2 is 1.32 bits per heavy atom. The summed E-state index contributed by atoms with van der Waals surface area (Å²) in [6.07, 6.45) is -5.19. The van der Waals surface area contributed by atoms with Crippen LogP contribution in [0.3, 0.4) is 0 Å². The fourth-order valence-corrected chi connectivity index (χ4v) is 2.99. The molecule has 148 valence electrons. The van der Waals surface area contributed by atoms with Crippen LogP contribution in [0.15, 0.2) is 48.5 Å². The predicted molar refractivity (Wildman–Crippen MR) is 104 cm³/mol. The van der Waals surface area contributed by atoms with E-state index in [2.05, 4.69) is 0 Å². The SMILES string of the molecule is CC(=O)C[C@@](O)(C(=O)c1ccc(Cl)cc1)[C@H](O)C(O)C(=O)c1ccc(Cl)cc1. The molecule has 0 aliphatic rings. The molecular formula is C20H18Cl2O6. The van der Waals surface area contributed by atoms with Crippen LogP contribution in [0.4, 0.5) is 0 Å². The first kappa shape index (κ1) is 22.2. The highest BCUT2D eigenvalue weighted by atomic mass is 35.5. The summed E-state index contributed by atoms with van der Waals surface area (Å²) in [6.45, 7) is 1.11. The zero-order valence-electron chi connectivity index (χ0n) is 14.8. The van der Waals surface area contributed by atoms with Crippen LogP contribution in [-0.4, -0.2) is 50.5 Å². The van der Waals surface area contributed by atoms with Gasteiger partial charge in [-0.25, -0.2) is 0 Å². The molecule has 0 aliphatic carbocycles. The first-order valence-corrected chi connectivity index (χ1v) is 9.00. The van der Waals surface area contributed by atoms with Gasteiger partial charge in [0.15, 0.2) is 17.2 Å². The number of hydrogen-bond donors (Lipinski definition) is 3. The molecule has 0 saturated heterocycles. The van der Waals surface area contributed by atoms with Crippen molar-refractivity contribution in [1.82, 2.24) is 0 Å². The van der Waals surface area contributed by atoms with E-state index >= 15 is 0 Å². The number of Topliss-reactive ketones (excluding diaryl/α,β-unsaturated/α-hetero) is 3. The van der Waals surface area contributed by atoms with Gasteiger partial charge in [0.2, 0.25) is 0 Å². The molecule has 0 spiro atoms. The summed E-state index contributed by atoms with van der Waals surface area (Å²) >= 11 is 11.5. The average Bonchev–Trinajstić information content (AvgIpc) is 2.66. The topological polar surface area (TPSA) is 112 Å². The monoisotopic (exact) mass is 424 g/mol. The molecule has 0 amide bonds. The van der Waals surface area contributed by atoms with Crippen LogP contribution < -0.4 is 0 Å². The van der Waals surface area contributed by atoms with Gasteiger partial charge in [0.25, 0.3) is 0 Å². The number of hydrogen-bond acceptors (Lipinski definition) is 6. The molecule has 6 nitrogen and oxygen atoms in total. The molecule has 3 atom stereocenters. The van der Waals surface area contributed by atoms with Crippen LogP contribution in [0.25, 0.3) is 0 Å². The molecule has 0 aliphatic heterocycles. The second-order valence-corrected chi connectivity index (χ2v) is 7.27. The van der Waals surface area contributed by atoms with Gasteiger partial charge in [-0.2, -0.15) is 0 Å². The van der Waals surface area contributed by atoms with Gasteiger partial charge in [0.1, 0.15) is 18.0 Å². The summed E-state index contributed by atoms with van der Waals surface area (Å²) in [7, 11) is 0. The normalized spacial score (nSPS) is 15.4. The Labute approximate surface area is 171 Å². The minimum atomic E-state index is -2.71. The largest absolute Gasteiger partial charge is 0.386 e. The number of carbonyl (C=O) groups is 3. The van der Waals surface area contributed by atoms with Crippen molar-refractivity contribution in [2.24, 2.45) is 0 Å². The van der Waals surface area contributed by atoms with E-state index in [1.165, 1.54) is 48.5 Å². The summed E-state index contributed by atoms with van der Waals surface area (Å²) in [6, 6.07) is 10.9. The lowest BCUT2D eigenvalue weighted by Gasteiger charge is -2.33. The molecule has 0 fully saturated rings. The number of rotatable bonds is 8. The molecule has 0 bridgehead atoms. The summed E-state index contributed by atoms with van der Waals surface area (Å²) in [5, 5.41) is 32.4. The average molecular weight is 425 g/mol. The summed E-state index contributed by atoms with van der Waals surface area (Å²) < 4.78 is 0. The van der Waals surface area contributed by atoms with Gasteiger partial charge in [-0.3, -0.25) is 14.4 Å². The molecule has 2 rings (SSSR count). The zero-order valence-corrected chi connectivity index (χ0v) is 16.3. The first-order valence-electron chi connectivity index (χ1n) is 8.24.